The van der Waals surface area contributed by atoms with E-state index in [0.717, 1.165) is 23.7 Å². The smallest absolute Gasteiger partial charge is 0.116 e. The molecule has 0 aromatic carbocycles. The minimum atomic E-state index is 0.172. The lowest BCUT2D eigenvalue weighted by atomic mass is 10.0. The second-order valence-electron chi connectivity index (χ2n) is 4.91. The van der Waals surface area contributed by atoms with Crippen LogP contribution < -0.4 is 5.32 Å². The molecular weight excluding hydrogens is 274 g/mol. The van der Waals surface area contributed by atoms with E-state index in [0.29, 0.717) is 0 Å². The van der Waals surface area contributed by atoms with Gasteiger partial charge in [0.1, 0.15) is 11.0 Å². The molecule has 1 aliphatic rings. The van der Waals surface area contributed by atoms with Gasteiger partial charge >= 0.3 is 0 Å². The SMILES string of the molecule is CCNC(c1csc(C)n1)c1nc2c(s1)CCCC2. The maximum atomic E-state index is 4.88. The lowest BCUT2D eigenvalue weighted by Crippen LogP contribution is -2.22. The Hall–Kier alpha value is -0.780. The molecule has 0 radical (unpaired) electrons. The Labute approximate surface area is 122 Å². The van der Waals surface area contributed by atoms with Crippen molar-refractivity contribution in [1.29, 1.82) is 0 Å². The van der Waals surface area contributed by atoms with E-state index in [9.17, 15) is 0 Å². The largest absolute Gasteiger partial charge is 0.303 e. The minimum Gasteiger partial charge on any atom is -0.303 e. The number of nitrogens with zero attached hydrogens (tertiary/aromatic N) is 2. The summed E-state index contributed by atoms with van der Waals surface area (Å²) in [5.74, 6) is 0. The summed E-state index contributed by atoms with van der Waals surface area (Å²) in [5.41, 5.74) is 2.46. The van der Waals surface area contributed by atoms with Gasteiger partial charge in [-0.1, -0.05) is 6.92 Å². The maximum absolute atomic E-state index is 4.88. The van der Waals surface area contributed by atoms with E-state index >= 15 is 0 Å². The van der Waals surface area contributed by atoms with Crippen LogP contribution in [0.15, 0.2) is 5.38 Å². The summed E-state index contributed by atoms with van der Waals surface area (Å²) >= 11 is 3.59. The first kappa shape index (κ1) is 13.2. The highest BCUT2D eigenvalue weighted by molar-refractivity contribution is 7.12. The molecule has 0 spiro atoms. The fraction of sp³-hybridized carbons (Fsp3) is 0.571. The van der Waals surface area contributed by atoms with Crippen molar-refractivity contribution in [3.63, 3.8) is 0 Å². The molecule has 2 aromatic rings. The molecule has 1 atom stereocenters. The molecule has 0 saturated carbocycles. The zero-order valence-corrected chi connectivity index (χ0v) is 13.0. The van der Waals surface area contributed by atoms with Gasteiger partial charge in [0.05, 0.1) is 16.4 Å². The van der Waals surface area contributed by atoms with E-state index in [1.54, 1.807) is 11.3 Å². The van der Waals surface area contributed by atoms with Gasteiger partial charge in [0.2, 0.25) is 0 Å². The fourth-order valence-electron chi connectivity index (χ4n) is 2.53. The molecule has 0 saturated heterocycles. The normalized spacial score (nSPS) is 16.3. The second kappa shape index (κ2) is 5.69. The zero-order chi connectivity index (χ0) is 13.2. The zero-order valence-electron chi connectivity index (χ0n) is 11.4. The average Bonchev–Trinajstić information content (AvgIpc) is 3.01. The molecular formula is C14H19N3S2. The van der Waals surface area contributed by atoms with Crippen LogP contribution in [0.1, 0.15) is 52.1 Å². The summed E-state index contributed by atoms with van der Waals surface area (Å²) in [6.45, 7) is 5.13. The summed E-state index contributed by atoms with van der Waals surface area (Å²) in [6, 6.07) is 0.172. The number of nitrogens with one attached hydrogen (secondary N) is 1. The monoisotopic (exact) mass is 293 g/mol. The quantitative estimate of drug-likeness (QED) is 0.937. The highest BCUT2D eigenvalue weighted by Gasteiger charge is 2.23. The summed E-state index contributed by atoms with van der Waals surface area (Å²) in [7, 11) is 0. The van der Waals surface area contributed by atoms with Crippen molar-refractivity contribution in [3.05, 3.63) is 31.7 Å². The van der Waals surface area contributed by atoms with Crippen LogP contribution in [0.25, 0.3) is 0 Å². The molecule has 3 nitrogen and oxygen atoms in total. The van der Waals surface area contributed by atoms with Crippen molar-refractivity contribution in [1.82, 2.24) is 15.3 Å². The summed E-state index contributed by atoms with van der Waals surface area (Å²) in [4.78, 5) is 11.0. The van der Waals surface area contributed by atoms with E-state index in [2.05, 4.69) is 29.5 Å². The van der Waals surface area contributed by atoms with Crippen LogP contribution in [0.4, 0.5) is 0 Å². The number of aromatic nitrogens is 2. The van der Waals surface area contributed by atoms with Crippen LogP contribution in [-0.2, 0) is 12.8 Å². The van der Waals surface area contributed by atoms with Crippen LogP contribution >= 0.6 is 22.7 Å². The van der Waals surface area contributed by atoms with Gasteiger partial charge in [-0.2, -0.15) is 0 Å². The van der Waals surface area contributed by atoms with Crippen molar-refractivity contribution in [3.8, 4) is 0 Å². The number of aryl methyl sites for hydroxylation is 3. The van der Waals surface area contributed by atoms with E-state index in [-0.39, 0.29) is 6.04 Å². The van der Waals surface area contributed by atoms with Gasteiger partial charge in [-0.05, 0) is 39.2 Å². The second-order valence-corrected chi connectivity index (χ2v) is 7.09. The van der Waals surface area contributed by atoms with Gasteiger partial charge in [0, 0.05) is 10.3 Å². The third-order valence-corrected chi connectivity index (χ3v) is 5.46. The standard InChI is InChI=1S/C14H19N3S2/c1-3-15-13(11-8-18-9(2)16-11)14-17-10-6-4-5-7-12(10)19-14/h8,13,15H,3-7H2,1-2H3. The Balaban J connectivity index is 1.93. The van der Waals surface area contributed by atoms with Crippen LogP contribution in [0.2, 0.25) is 0 Å². The van der Waals surface area contributed by atoms with Crippen molar-refractivity contribution < 1.29 is 0 Å². The molecule has 2 heterocycles. The van der Waals surface area contributed by atoms with Crippen molar-refractivity contribution >= 4 is 22.7 Å². The Bertz CT molecular complexity index is 535. The molecule has 1 N–H and O–H groups in total. The third kappa shape index (κ3) is 2.73. The fourth-order valence-corrected chi connectivity index (χ4v) is 4.41. The Morgan fingerprint density at radius 1 is 1.32 bits per heavy atom. The molecule has 3 rings (SSSR count). The average molecular weight is 293 g/mol. The summed E-state index contributed by atoms with van der Waals surface area (Å²) in [5, 5.41) is 8.00. The predicted octanol–water partition coefficient (Wildman–Crippen LogP) is 3.49. The van der Waals surface area contributed by atoms with E-state index in [4.69, 9.17) is 4.98 Å². The Morgan fingerprint density at radius 2 is 2.16 bits per heavy atom. The van der Waals surface area contributed by atoms with Gasteiger partial charge in [-0.3, -0.25) is 0 Å². The molecule has 5 heteroatoms. The van der Waals surface area contributed by atoms with Crippen molar-refractivity contribution in [2.75, 3.05) is 6.54 Å². The Morgan fingerprint density at radius 3 is 2.84 bits per heavy atom. The Kier molecular flexibility index (Phi) is 3.96. The lowest BCUT2D eigenvalue weighted by molar-refractivity contribution is 0.609. The van der Waals surface area contributed by atoms with E-state index < -0.39 is 0 Å². The molecule has 0 fully saturated rings. The number of hydrogen-bond donors (Lipinski definition) is 1. The van der Waals surface area contributed by atoms with Gasteiger partial charge in [-0.15, -0.1) is 22.7 Å². The van der Waals surface area contributed by atoms with E-state index in [1.165, 1.54) is 34.8 Å². The van der Waals surface area contributed by atoms with Crippen molar-refractivity contribution in [2.24, 2.45) is 0 Å². The van der Waals surface area contributed by atoms with Crippen molar-refractivity contribution in [2.45, 2.75) is 45.6 Å². The highest BCUT2D eigenvalue weighted by Crippen LogP contribution is 2.32. The van der Waals surface area contributed by atoms with Crippen LogP contribution in [0.5, 0.6) is 0 Å². The number of hydrogen-bond acceptors (Lipinski definition) is 5. The van der Waals surface area contributed by atoms with Crippen LogP contribution in [0.3, 0.4) is 0 Å². The predicted molar refractivity (Wildman–Crippen MR) is 81.1 cm³/mol. The first-order chi connectivity index (χ1) is 9.28. The molecule has 102 valence electrons. The van der Waals surface area contributed by atoms with E-state index in [1.807, 2.05) is 11.3 Å². The molecule has 0 amide bonds. The highest BCUT2D eigenvalue weighted by atomic mass is 32.1. The molecule has 0 bridgehead atoms. The summed E-state index contributed by atoms with van der Waals surface area (Å²) in [6.07, 6.45) is 4.97. The molecule has 1 aliphatic carbocycles. The third-order valence-electron chi connectivity index (χ3n) is 3.45. The van der Waals surface area contributed by atoms with Crippen LogP contribution in [0, 0.1) is 6.92 Å². The first-order valence-corrected chi connectivity index (χ1v) is 8.61. The van der Waals surface area contributed by atoms with Gasteiger partial charge in [0.15, 0.2) is 0 Å². The summed E-state index contributed by atoms with van der Waals surface area (Å²) < 4.78 is 0. The van der Waals surface area contributed by atoms with Gasteiger partial charge in [-0.25, -0.2) is 9.97 Å². The van der Waals surface area contributed by atoms with Crippen LogP contribution in [-0.4, -0.2) is 16.5 Å². The molecule has 1 unspecified atom stereocenters. The molecule has 0 aliphatic heterocycles. The molecule has 19 heavy (non-hydrogen) atoms. The number of fused-ring (bicyclic) bond motifs is 1. The van der Waals surface area contributed by atoms with Gasteiger partial charge in [0.25, 0.3) is 0 Å². The number of thiazole rings is 2. The maximum Gasteiger partial charge on any atom is 0.116 e. The first-order valence-electron chi connectivity index (χ1n) is 6.91. The lowest BCUT2D eigenvalue weighted by Gasteiger charge is -2.12. The number of rotatable bonds is 4. The van der Waals surface area contributed by atoms with Gasteiger partial charge < -0.3 is 5.32 Å². The molecule has 2 aromatic heterocycles. The minimum absolute atomic E-state index is 0.172. The topological polar surface area (TPSA) is 37.8 Å².